The number of rotatable bonds is 4. The monoisotopic (exact) mass is 250 g/mol. The zero-order valence-corrected chi connectivity index (χ0v) is 11.4. The van der Waals surface area contributed by atoms with Crippen LogP contribution in [-0.4, -0.2) is 39.9 Å². The van der Waals surface area contributed by atoms with Gasteiger partial charge < -0.3 is 19.7 Å². The molecule has 2 rings (SSSR count). The first-order valence-corrected chi connectivity index (χ1v) is 6.48. The highest BCUT2D eigenvalue weighted by Crippen LogP contribution is 2.32. The van der Waals surface area contributed by atoms with Crippen LogP contribution in [0.2, 0.25) is 0 Å². The van der Waals surface area contributed by atoms with Crippen molar-refractivity contribution in [3.05, 3.63) is 18.2 Å². The molecule has 1 aliphatic heterocycles. The van der Waals surface area contributed by atoms with Crippen LogP contribution in [0.4, 0.5) is 5.69 Å². The maximum atomic E-state index is 5.45. The van der Waals surface area contributed by atoms with Gasteiger partial charge in [-0.05, 0) is 18.6 Å². The van der Waals surface area contributed by atoms with Gasteiger partial charge >= 0.3 is 0 Å². The van der Waals surface area contributed by atoms with Crippen LogP contribution in [-0.2, 0) is 0 Å². The molecule has 0 aliphatic carbocycles. The molecular formula is C14H22N2O2. The number of nitrogens with one attached hydrogen (secondary N) is 1. The van der Waals surface area contributed by atoms with Gasteiger partial charge in [0.1, 0.15) is 11.5 Å². The largest absolute Gasteiger partial charge is 0.497 e. The van der Waals surface area contributed by atoms with Crippen molar-refractivity contribution in [1.29, 1.82) is 0 Å². The van der Waals surface area contributed by atoms with Crippen LogP contribution in [0.25, 0.3) is 0 Å². The van der Waals surface area contributed by atoms with Crippen LogP contribution >= 0.6 is 0 Å². The van der Waals surface area contributed by atoms with E-state index in [2.05, 4.69) is 23.2 Å². The lowest BCUT2D eigenvalue weighted by atomic mass is 10.1. The Morgan fingerprint density at radius 3 is 2.83 bits per heavy atom. The Balaban J connectivity index is 2.24. The molecule has 4 nitrogen and oxygen atoms in total. The maximum absolute atomic E-state index is 5.45. The minimum atomic E-state index is 0.551. The van der Waals surface area contributed by atoms with Crippen molar-refractivity contribution in [3.8, 4) is 11.5 Å². The number of anilines is 1. The highest BCUT2D eigenvalue weighted by Gasteiger charge is 2.20. The average molecular weight is 250 g/mol. The van der Waals surface area contributed by atoms with Crippen molar-refractivity contribution in [2.45, 2.75) is 19.4 Å². The molecule has 1 atom stereocenters. The minimum Gasteiger partial charge on any atom is -0.497 e. The fourth-order valence-electron chi connectivity index (χ4n) is 2.36. The summed E-state index contributed by atoms with van der Waals surface area (Å²) in [6.45, 7) is 5.24. The van der Waals surface area contributed by atoms with E-state index in [1.54, 1.807) is 14.2 Å². The molecule has 100 valence electrons. The van der Waals surface area contributed by atoms with Crippen molar-refractivity contribution < 1.29 is 9.47 Å². The van der Waals surface area contributed by atoms with Crippen LogP contribution in [0.1, 0.15) is 13.3 Å². The Morgan fingerprint density at radius 1 is 1.33 bits per heavy atom. The van der Waals surface area contributed by atoms with Crippen LogP contribution in [0.3, 0.4) is 0 Å². The fourth-order valence-corrected chi connectivity index (χ4v) is 2.36. The molecular weight excluding hydrogens is 228 g/mol. The van der Waals surface area contributed by atoms with Gasteiger partial charge in [0.15, 0.2) is 0 Å². The molecule has 18 heavy (non-hydrogen) atoms. The minimum absolute atomic E-state index is 0.551. The zero-order chi connectivity index (χ0) is 13.0. The first-order chi connectivity index (χ1) is 8.78. The van der Waals surface area contributed by atoms with E-state index in [9.17, 15) is 0 Å². The van der Waals surface area contributed by atoms with Gasteiger partial charge in [0.25, 0.3) is 0 Å². The summed E-state index contributed by atoms with van der Waals surface area (Å²) in [7, 11) is 3.41. The van der Waals surface area contributed by atoms with E-state index in [1.807, 2.05) is 12.1 Å². The molecule has 4 heteroatoms. The van der Waals surface area contributed by atoms with E-state index in [0.29, 0.717) is 6.04 Å². The number of methoxy groups -OCH3 is 2. The molecule has 1 aromatic carbocycles. The highest BCUT2D eigenvalue weighted by atomic mass is 16.5. The third-order valence-electron chi connectivity index (χ3n) is 3.48. The zero-order valence-electron chi connectivity index (χ0n) is 11.4. The first-order valence-electron chi connectivity index (χ1n) is 6.48. The normalized spacial score (nSPS) is 19.7. The van der Waals surface area contributed by atoms with Crippen molar-refractivity contribution in [2.75, 3.05) is 38.8 Å². The van der Waals surface area contributed by atoms with Crippen LogP contribution in [0, 0.1) is 0 Å². The molecule has 1 aliphatic rings. The van der Waals surface area contributed by atoms with Gasteiger partial charge in [-0.25, -0.2) is 0 Å². The smallest absolute Gasteiger partial charge is 0.142 e. The van der Waals surface area contributed by atoms with Gasteiger partial charge in [0, 0.05) is 31.7 Å². The molecule has 1 aromatic rings. The quantitative estimate of drug-likeness (QED) is 0.885. The molecule has 1 unspecified atom stereocenters. The Bertz CT molecular complexity index is 395. The molecule has 0 amide bonds. The van der Waals surface area contributed by atoms with Crippen LogP contribution < -0.4 is 19.7 Å². The number of hydrogen-bond acceptors (Lipinski definition) is 4. The summed E-state index contributed by atoms with van der Waals surface area (Å²) < 4.78 is 10.7. The third kappa shape index (κ3) is 2.70. The van der Waals surface area contributed by atoms with Crippen molar-refractivity contribution in [1.82, 2.24) is 5.32 Å². The van der Waals surface area contributed by atoms with Gasteiger partial charge in [0.05, 0.1) is 19.9 Å². The second-order valence-corrected chi connectivity index (χ2v) is 4.54. The van der Waals surface area contributed by atoms with E-state index < -0.39 is 0 Å². The Labute approximate surface area is 109 Å². The third-order valence-corrected chi connectivity index (χ3v) is 3.48. The molecule has 1 heterocycles. The highest BCUT2D eigenvalue weighted by molar-refractivity contribution is 5.62. The standard InChI is InChI=1S/C14H22N2O2/c1-4-11-10-16(8-7-15-11)13-9-12(17-2)5-6-14(13)18-3/h5-6,9,11,15H,4,7-8,10H2,1-3H3. The molecule has 0 saturated carbocycles. The summed E-state index contributed by atoms with van der Waals surface area (Å²) in [5.41, 5.74) is 1.12. The summed E-state index contributed by atoms with van der Waals surface area (Å²) in [4.78, 5) is 2.37. The molecule has 0 radical (unpaired) electrons. The van der Waals surface area contributed by atoms with Crippen molar-refractivity contribution in [2.24, 2.45) is 0 Å². The predicted octanol–water partition coefficient (Wildman–Crippen LogP) is 1.89. The maximum Gasteiger partial charge on any atom is 0.142 e. The summed E-state index contributed by atoms with van der Waals surface area (Å²) in [5, 5.41) is 3.52. The predicted molar refractivity (Wildman–Crippen MR) is 73.8 cm³/mol. The lowest BCUT2D eigenvalue weighted by Gasteiger charge is -2.35. The topological polar surface area (TPSA) is 33.7 Å². The second kappa shape index (κ2) is 5.96. The van der Waals surface area contributed by atoms with Crippen LogP contribution in [0.15, 0.2) is 18.2 Å². The van der Waals surface area contributed by atoms with Gasteiger partial charge in [-0.15, -0.1) is 0 Å². The average Bonchev–Trinajstić information content (AvgIpc) is 2.46. The molecule has 1 fully saturated rings. The Kier molecular flexibility index (Phi) is 4.31. The second-order valence-electron chi connectivity index (χ2n) is 4.54. The fraction of sp³-hybridized carbons (Fsp3) is 0.571. The number of nitrogens with zero attached hydrogens (tertiary/aromatic N) is 1. The summed E-state index contributed by atoms with van der Waals surface area (Å²) in [6.07, 6.45) is 1.14. The van der Waals surface area contributed by atoms with E-state index in [1.165, 1.54) is 0 Å². The summed E-state index contributed by atoms with van der Waals surface area (Å²) in [6, 6.07) is 6.50. The van der Waals surface area contributed by atoms with Gasteiger partial charge in [-0.3, -0.25) is 0 Å². The number of piperazine rings is 1. The SMILES string of the molecule is CCC1CN(c2cc(OC)ccc2OC)CCN1. The Hall–Kier alpha value is -1.42. The number of ether oxygens (including phenoxy) is 2. The summed E-state index contributed by atoms with van der Waals surface area (Å²) in [5.74, 6) is 1.78. The number of benzene rings is 1. The van der Waals surface area contributed by atoms with Gasteiger partial charge in [-0.2, -0.15) is 0 Å². The molecule has 0 spiro atoms. The van der Waals surface area contributed by atoms with Crippen LogP contribution in [0.5, 0.6) is 11.5 Å². The summed E-state index contributed by atoms with van der Waals surface area (Å²) >= 11 is 0. The molecule has 1 saturated heterocycles. The van der Waals surface area contributed by atoms with Crippen molar-refractivity contribution >= 4 is 5.69 Å². The molecule has 0 bridgehead atoms. The lowest BCUT2D eigenvalue weighted by Crippen LogP contribution is -2.50. The van der Waals surface area contributed by atoms with Gasteiger partial charge in [-0.1, -0.05) is 6.92 Å². The lowest BCUT2D eigenvalue weighted by molar-refractivity contribution is 0.397. The van der Waals surface area contributed by atoms with Gasteiger partial charge in [0.2, 0.25) is 0 Å². The number of hydrogen-bond donors (Lipinski definition) is 1. The van der Waals surface area contributed by atoms with Crippen molar-refractivity contribution in [3.63, 3.8) is 0 Å². The first kappa shape index (κ1) is 13.0. The van der Waals surface area contributed by atoms with E-state index in [-0.39, 0.29) is 0 Å². The Morgan fingerprint density at radius 2 is 2.17 bits per heavy atom. The van der Waals surface area contributed by atoms with E-state index in [4.69, 9.17) is 9.47 Å². The van der Waals surface area contributed by atoms with E-state index in [0.717, 1.165) is 43.2 Å². The van der Waals surface area contributed by atoms with E-state index >= 15 is 0 Å². The molecule has 0 aromatic heterocycles. The molecule has 1 N–H and O–H groups in total.